The smallest absolute Gasteiger partial charge is 0.278 e. The number of nitrogens with one attached hydrogen (secondary N) is 1. The molecule has 1 saturated heterocycles. The Labute approximate surface area is 120 Å². The number of hydrogen-bond acceptors (Lipinski definition) is 6. The lowest BCUT2D eigenvalue weighted by atomic mass is 10.2. The van der Waals surface area contributed by atoms with Crippen molar-refractivity contribution in [2.24, 2.45) is 0 Å². The van der Waals surface area contributed by atoms with Gasteiger partial charge in [0.2, 0.25) is 0 Å². The Morgan fingerprint density at radius 1 is 1.58 bits per heavy atom. The fourth-order valence-electron chi connectivity index (χ4n) is 2.17. The third kappa shape index (κ3) is 2.16. The third-order valence-corrected chi connectivity index (χ3v) is 3.79. The number of aliphatic hydroxyl groups is 2. The van der Waals surface area contributed by atoms with E-state index in [1.165, 1.54) is 12.7 Å². The second kappa shape index (κ2) is 4.81. The van der Waals surface area contributed by atoms with Crippen molar-refractivity contribution in [3.05, 3.63) is 23.0 Å². The Balaban J connectivity index is 1.98. The molecule has 1 fully saturated rings. The van der Waals surface area contributed by atoms with E-state index in [1.807, 2.05) is 0 Å². The van der Waals surface area contributed by atoms with Gasteiger partial charge in [-0.3, -0.25) is 9.36 Å². The molecule has 3 heterocycles. The first-order chi connectivity index (χ1) is 9.08. The number of rotatable bonds is 2. The predicted molar refractivity (Wildman–Crippen MR) is 72.7 cm³/mol. The van der Waals surface area contributed by atoms with E-state index in [1.54, 1.807) is 27.2 Å². The molecule has 2 aromatic rings. The zero-order valence-corrected chi connectivity index (χ0v) is 11.8. The second-order valence-electron chi connectivity index (χ2n) is 4.29. The number of ether oxygens (including phenoxy) is 1. The van der Waals surface area contributed by atoms with Crippen molar-refractivity contribution in [2.75, 3.05) is 0 Å². The molecule has 0 bridgehead atoms. The number of imidazole rings is 1. The van der Waals surface area contributed by atoms with Crippen molar-refractivity contribution in [3.63, 3.8) is 0 Å². The molecule has 2 aromatic heterocycles. The number of hydrogen-bond donors (Lipinski definition) is 3. The second-order valence-corrected chi connectivity index (χ2v) is 5.56. The SMILES string of the molecule is O=c1[nH]cnc2c1ncn2C1C[C@H](O)[C@@H](C(O)I)O1. The first kappa shape index (κ1) is 13.0. The van der Waals surface area contributed by atoms with Gasteiger partial charge in [-0.2, -0.15) is 0 Å². The van der Waals surface area contributed by atoms with Crippen molar-refractivity contribution in [1.82, 2.24) is 19.5 Å². The minimum atomic E-state index is -0.802. The molecule has 0 saturated carbocycles. The first-order valence-electron chi connectivity index (χ1n) is 5.64. The third-order valence-electron chi connectivity index (χ3n) is 3.08. The maximum atomic E-state index is 11.5. The van der Waals surface area contributed by atoms with Gasteiger partial charge in [-0.25, -0.2) is 9.97 Å². The van der Waals surface area contributed by atoms with Crippen LogP contribution in [0.5, 0.6) is 0 Å². The van der Waals surface area contributed by atoms with Gasteiger partial charge in [0.25, 0.3) is 5.56 Å². The fourth-order valence-corrected chi connectivity index (χ4v) is 2.82. The lowest BCUT2D eigenvalue weighted by Gasteiger charge is -2.16. The molecule has 0 aromatic carbocycles. The largest absolute Gasteiger partial charge is 0.390 e. The highest BCUT2D eigenvalue weighted by Crippen LogP contribution is 2.33. The lowest BCUT2D eigenvalue weighted by molar-refractivity contribution is -0.0491. The van der Waals surface area contributed by atoms with Gasteiger partial charge in [-0.1, -0.05) is 0 Å². The van der Waals surface area contributed by atoms with Gasteiger partial charge in [0.05, 0.1) is 18.8 Å². The van der Waals surface area contributed by atoms with Crippen molar-refractivity contribution >= 4 is 33.8 Å². The van der Waals surface area contributed by atoms with Crippen LogP contribution in [0.4, 0.5) is 0 Å². The van der Waals surface area contributed by atoms with E-state index in [9.17, 15) is 15.0 Å². The van der Waals surface area contributed by atoms with Crippen LogP contribution in [-0.4, -0.2) is 46.1 Å². The molecule has 8 nitrogen and oxygen atoms in total. The highest BCUT2D eigenvalue weighted by molar-refractivity contribution is 14.1. The summed E-state index contributed by atoms with van der Waals surface area (Å²) in [5.74, 6) is 0. The van der Waals surface area contributed by atoms with Gasteiger partial charge in [-0.05, 0) is 22.6 Å². The Morgan fingerprint density at radius 3 is 3.05 bits per heavy atom. The Bertz CT molecular complexity index is 654. The number of alkyl halides is 1. The maximum absolute atomic E-state index is 11.5. The molecule has 0 aliphatic carbocycles. The predicted octanol–water partition coefficient (Wildman–Crippen LogP) is -0.479. The highest BCUT2D eigenvalue weighted by atomic mass is 127. The van der Waals surface area contributed by atoms with Crippen LogP contribution >= 0.6 is 22.6 Å². The van der Waals surface area contributed by atoms with E-state index < -0.39 is 22.5 Å². The quantitative estimate of drug-likeness (QED) is 0.481. The molecule has 3 rings (SSSR count). The average molecular weight is 378 g/mol. The van der Waals surface area contributed by atoms with Gasteiger partial charge >= 0.3 is 0 Å². The monoisotopic (exact) mass is 378 g/mol. The molecule has 2 unspecified atom stereocenters. The molecule has 1 aliphatic rings. The summed E-state index contributed by atoms with van der Waals surface area (Å²) in [4.78, 5) is 22.0. The van der Waals surface area contributed by atoms with Crippen LogP contribution in [0.25, 0.3) is 11.2 Å². The topological polar surface area (TPSA) is 113 Å². The summed E-state index contributed by atoms with van der Waals surface area (Å²) in [6.07, 6.45) is 1.13. The molecule has 0 spiro atoms. The minimum Gasteiger partial charge on any atom is -0.390 e. The average Bonchev–Trinajstić information content (AvgIpc) is 2.93. The molecule has 0 amide bonds. The molecule has 1 aliphatic heterocycles. The minimum absolute atomic E-state index is 0.221. The molecule has 19 heavy (non-hydrogen) atoms. The molecule has 102 valence electrons. The van der Waals surface area contributed by atoms with Crippen LogP contribution in [-0.2, 0) is 4.74 Å². The van der Waals surface area contributed by atoms with Crippen LogP contribution in [0.1, 0.15) is 12.6 Å². The highest BCUT2D eigenvalue weighted by Gasteiger charge is 2.39. The standard InChI is InChI=1S/C10H11IN4O4/c11-8(17)7-4(16)1-5(19-7)15-3-14-6-9(15)12-2-13-10(6)18/h2-5,7-8,16-17H,1H2,(H,12,13,18)/t4-,5?,7-,8?/m0/s1. The van der Waals surface area contributed by atoms with Crippen molar-refractivity contribution in [2.45, 2.75) is 29.0 Å². The molecule has 3 N–H and O–H groups in total. The summed E-state index contributed by atoms with van der Waals surface area (Å²) in [5.41, 5.74) is 0.288. The summed E-state index contributed by atoms with van der Waals surface area (Å²) in [7, 11) is 0. The number of nitrogens with zero attached hydrogens (tertiary/aromatic N) is 3. The van der Waals surface area contributed by atoms with E-state index in [0.29, 0.717) is 12.1 Å². The fraction of sp³-hybridized carbons (Fsp3) is 0.500. The molecule has 9 heteroatoms. The zero-order valence-electron chi connectivity index (χ0n) is 9.60. The van der Waals surface area contributed by atoms with Gasteiger partial charge in [0.1, 0.15) is 16.4 Å². The zero-order chi connectivity index (χ0) is 13.6. The number of aromatic amines is 1. The van der Waals surface area contributed by atoms with Crippen LogP contribution in [0.3, 0.4) is 0 Å². The number of H-pyrrole nitrogens is 1. The molecular formula is C10H11IN4O4. The Morgan fingerprint density at radius 2 is 2.37 bits per heavy atom. The van der Waals surface area contributed by atoms with Crippen molar-refractivity contribution in [1.29, 1.82) is 0 Å². The Hall–Kier alpha value is -1.04. The summed E-state index contributed by atoms with van der Waals surface area (Å²) in [6, 6.07) is 0. The van der Waals surface area contributed by atoms with Gasteiger partial charge in [0.15, 0.2) is 11.2 Å². The number of fused-ring (bicyclic) bond motifs is 1. The van der Waals surface area contributed by atoms with Crippen LogP contribution in [0.15, 0.2) is 17.4 Å². The van der Waals surface area contributed by atoms with E-state index in [4.69, 9.17) is 4.74 Å². The lowest BCUT2D eigenvalue weighted by Crippen LogP contribution is -2.30. The van der Waals surface area contributed by atoms with Crippen molar-refractivity contribution in [3.8, 4) is 0 Å². The number of aromatic nitrogens is 4. The van der Waals surface area contributed by atoms with E-state index in [-0.39, 0.29) is 11.1 Å². The molecule has 0 radical (unpaired) electrons. The summed E-state index contributed by atoms with van der Waals surface area (Å²) in [6.45, 7) is 0. The van der Waals surface area contributed by atoms with Gasteiger partial charge in [-0.15, -0.1) is 0 Å². The molecule has 4 atom stereocenters. The van der Waals surface area contributed by atoms with E-state index in [2.05, 4.69) is 15.0 Å². The number of aliphatic hydroxyl groups excluding tert-OH is 2. The van der Waals surface area contributed by atoms with Crippen LogP contribution in [0.2, 0.25) is 0 Å². The van der Waals surface area contributed by atoms with E-state index in [0.717, 1.165) is 0 Å². The van der Waals surface area contributed by atoms with Crippen molar-refractivity contribution < 1.29 is 14.9 Å². The maximum Gasteiger partial charge on any atom is 0.278 e. The van der Waals surface area contributed by atoms with E-state index >= 15 is 0 Å². The summed E-state index contributed by atoms with van der Waals surface area (Å²) in [5, 5.41) is 19.3. The van der Waals surface area contributed by atoms with Gasteiger partial charge in [0, 0.05) is 6.42 Å². The number of halogens is 1. The normalized spacial score (nSPS) is 28.9. The summed E-state index contributed by atoms with van der Waals surface area (Å²) >= 11 is 1.79. The van der Waals surface area contributed by atoms with Crippen LogP contribution in [0, 0.1) is 0 Å². The van der Waals surface area contributed by atoms with Crippen LogP contribution < -0.4 is 5.56 Å². The Kier molecular flexibility index (Phi) is 3.28. The summed E-state index contributed by atoms with van der Waals surface area (Å²) < 4.78 is 6.38. The van der Waals surface area contributed by atoms with Gasteiger partial charge < -0.3 is 19.9 Å². The molecular weight excluding hydrogens is 367 g/mol. The first-order valence-corrected chi connectivity index (χ1v) is 6.88.